The van der Waals surface area contributed by atoms with Gasteiger partial charge in [-0.1, -0.05) is 25.0 Å². The van der Waals surface area contributed by atoms with Gasteiger partial charge in [0.25, 0.3) is 0 Å². The highest BCUT2D eigenvalue weighted by Gasteiger charge is 2.30. The molecule has 2 aromatic carbocycles. The Balaban J connectivity index is 1.15. The highest BCUT2D eigenvalue weighted by Crippen LogP contribution is 2.36. The minimum absolute atomic E-state index is 0.0113. The number of rotatable bonds is 7. The van der Waals surface area contributed by atoms with E-state index < -0.39 is 0 Å². The molecule has 0 spiro atoms. The van der Waals surface area contributed by atoms with E-state index in [2.05, 4.69) is 10.2 Å². The number of nitrogens with zero attached hydrogens (tertiary/aromatic N) is 1. The Hall–Kier alpha value is -2.93. The molecule has 2 fully saturated rings. The Morgan fingerprint density at radius 3 is 2.34 bits per heavy atom. The van der Waals surface area contributed by atoms with Crippen molar-refractivity contribution in [3.8, 4) is 11.5 Å². The molecule has 0 aromatic heterocycles. The molecular formula is C28H33FN2O4. The monoisotopic (exact) mass is 480 g/mol. The Bertz CT molecular complexity index is 1040. The Morgan fingerprint density at radius 2 is 1.63 bits per heavy atom. The van der Waals surface area contributed by atoms with Crippen molar-refractivity contribution >= 4 is 11.7 Å². The normalized spacial score (nSPS) is 19.9. The van der Waals surface area contributed by atoms with Crippen LogP contribution in [0.15, 0.2) is 42.5 Å². The van der Waals surface area contributed by atoms with Gasteiger partial charge < -0.3 is 14.8 Å². The lowest BCUT2D eigenvalue weighted by Crippen LogP contribution is -2.44. The topological polar surface area (TPSA) is 67.9 Å². The summed E-state index contributed by atoms with van der Waals surface area (Å²) in [4.78, 5) is 28.2. The number of piperidine rings is 1. The predicted octanol–water partition coefficient (Wildman–Crippen LogP) is 4.54. The summed E-state index contributed by atoms with van der Waals surface area (Å²) in [6.45, 7) is 2.75. The van der Waals surface area contributed by atoms with Crippen LogP contribution in [0.25, 0.3) is 0 Å². The molecule has 0 bridgehead atoms. The van der Waals surface area contributed by atoms with Crippen LogP contribution in [-0.4, -0.2) is 49.4 Å². The highest BCUT2D eigenvalue weighted by atomic mass is 19.1. The van der Waals surface area contributed by atoms with Gasteiger partial charge in [-0.3, -0.25) is 14.5 Å². The number of amides is 1. The van der Waals surface area contributed by atoms with Gasteiger partial charge in [0.05, 0.1) is 12.6 Å². The van der Waals surface area contributed by atoms with Crippen molar-refractivity contribution in [1.82, 2.24) is 10.2 Å². The molecule has 6 nitrogen and oxygen atoms in total. The number of Topliss-reactive ketones (excluding diaryl/α,β-unsaturated/α-hetero) is 1. The fourth-order valence-corrected chi connectivity index (χ4v) is 5.64. The number of hydrogen-bond donors (Lipinski definition) is 1. The summed E-state index contributed by atoms with van der Waals surface area (Å²) < 4.78 is 24.6. The van der Waals surface area contributed by atoms with E-state index in [9.17, 15) is 14.0 Å². The molecule has 3 aliphatic rings. The summed E-state index contributed by atoms with van der Waals surface area (Å²) in [7, 11) is 0. The Morgan fingerprint density at radius 1 is 0.943 bits per heavy atom. The molecule has 35 heavy (non-hydrogen) atoms. The molecule has 1 saturated heterocycles. The van der Waals surface area contributed by atoms with Crippen molar-refractivity contribution in [3.05, 3.63) is 59.4 Å². The number of carbonyl (C=O) groups excluding carboxylic acids is 2. The fourth-order valence-electron chi connectivity index (χ4n) is 5.64. The standard InChI is InChI=1S/C28H33FN2O4/c29-23-8-5-20(6-9-23)27(19-3-1-2-4-19)30-26(32)18-31-13-11-21(12-14-31)28(33)22-7-10-24-25(17-22)35-16-15-34-24/h5-10,17,19,21,27H,1-4,11-16,18H2,(H,30,32). The number of halogens is 1. The van der Waals surface area contributed by atoms with Crippen LogP contribution in [0.3, 0.4) is 0 Å². The van der Waals surface area contributed by atoms with Crippen LogP contribution >= 0.6 is 0 Å². The van der Waals surface area contributed by atoms with E-state index in [-0.39, 0.29) is 29.5 Å². The molecule has 1 N–H and O–H groups in total. The summed E-state index contributed by atoms with van der Waals surface area (Å²) in [6.07, 6.45) is 5.95. The van der Waals surface area contributed by atoms with Gasteiger partial charge >= 0.3 is 0 Å². The molecule has 1 aliphatic carbocycles. The fraction of sp³-hybridized carbons (Fsp3) is 0.500. The number of nitrogens with one attached hydrogen (secondary N) is 1. The number of carbonyl (C=O) groups is 2. The molecular weight excluding hydrogens is 447 g/mol. The summed E-state index contributed by atoms with van der Waals surface area (Å²) in [6, 6.07) is 11.8. The van der Waals surface area contributed by atoms with Gasteiger partial charge in [0.1, 0.15) is 19.0 Å². The second-order valence-electron chi connectivity index (χ2n) is 9.91. The van der Waals surface area contributed by atoms with E-state index in [0.29, 0.717) is 55.8 Å². The summed E-state index contributed by atoms with van der Waals surface area (Å²) in [5.41, 5.74) is 1.62. The summed E-state index contributed by atoms with van der Waals surface area (Å²) >= 11 is 0. The number of hydrogen-bond acceptors (Lipinski definition) is 5. The van der Waals surface area contributed by atoms with E-state index in [1.807, 2.05) is 12.1 Å². The highest BCUT2D eigenvalue weighted by molar-refractivity contribution is 5.98. The average molecular weight is 481 g/mol. The van der Waals surface area contributed by atoms with Gasteiger partial charge in [0.15, 0.2) is 17.3 Å². The quantitative estimate of drug-likeness (QED) is 0.590. The number of ether oxygens (including phenoxy) is 2. The third kappa shape index (κ3) is 5.67. The smallest absolute Gasteiger partial charge is 0.234 e. The summed E-state index contributed by atoms with van der Waals surface area (Å²) in [5.74, 6) is 1.51. The molecule has 1 atom stereocenters. The molecule has 1 amide bonds. The predicted molar refractivity (Wildman–Crippen MR) is 130 cm³/mol. The van der Waals surface area contributed by atoms with E-state index in [1.54, 1.807) is 18.2 Å². The number of fused-ring (bicyclic) bond motifs is 1. The number of likely N-dealkylation sites (tertiary alicyclic amines) is 1. The largest absolute Gasteiger partial charge is 0.486 e. The van der Waals surface area contributed by atoms with E-state index >= 15 is 0 Å². The van der Waals surface area contributed by atoms with Crippen molar-refractivity contribution in [2.24, 2.45) is 11.8 Å². The molecule has 5 rings (SSSR count). The van der Waals surface area contributed by atoms with Crippen molar-refractivity contribution in [3.63, 3.8) is 0 Å². The first-order valence-electron chi connectivity index (χ1n) is 12.8. The van der Waals surface area contributed by atoms with Gasteiger partial charge in [0.2, 0.25) is 5.91 Å². The van der Waals surface area contributed by atoms with Crippen LogP contribution in [0.2, 0.25) is 0 Å². The molecule has 186 valence electrons. The molecule has 2 aromatic rings. The molecule has 1 unspecified atom stereocenters. The van der Waals surface area contributed by atoms with Crippen LogP contribution in [0, 0.1) is 17.7 Å². The van der Waals surface area contributed by atoms with Crippen LogP contribution in [-0.2, 0) is 4.79 Å². The maximum atomic E-state index is 13.4. The average Bonchev–Trinajstić information content (AvgIpc) is 3.42. The van der Waals surface area contributed by atoms with E-state index in [4.69, 9.17) is 9.47 Å². The van der Waals surface area contributed by atoms with Gasteiger partial charge in [-0.2, -0.15) is 0 Å². The minimum Gasteiger partial charge on any atom is -0.486 e. The first-order valence-corrected chi connectivity index (χ1v) is 12.8. The Labute approximate surface area is 205 Å². The second-order valence-corrected chi connectivity index (χ2v) is 9.91. The molecule has 1 saturated carbocycles. The molecule has 2 aliphatic heterocycles. The van der Waals surface area contributed by atoms with Crippen molar-refractivity contribution in [2.45, 2.75) is 44.6 Å². The summed E-state index contributed by atoms with van der Waals surface area (Å²) in [5, 5.41) is 3.24. The van der Waals surface area contributed by atoms with E-state index in [1.165, 1.54) is 25.0 Å². The van der Waals surface area contributed by atoms with Crippen LogP contribution < -0.4 is 14.8 Å². The zero-order valence-corrected chi connectivity index (χ0v) is 20.0. The first-order chi connectivity index (χ1) is 17.1. The third-order valence-corrected chi connectivity index (χ3v) is 7.57. The van der Waals surface area contributed by atoms with E-state index in [0.717, 1.165) is 31.2 Å². The van der Waals surface area contributed by atoms with Gasteiger partial charge in [-0.15, -0.1) is 0 Å². The first kappa shape index (κ1) is 23.8. The molecule has 2 heterocycles. The minimum atomic E-state index is -0.265. The third-order valence-electron chi connectivity index (χ3n) is 7.57. The van der Waals surface area contributed by atoms with Crippen LogP contribution in [0.5, 0.6) is 11.5 Å². The van der Waals surface area contributed by atoms with Gasteiger partial charge in [-0.25, -0.2) is 4.39 Å². The maximum Gasteiger partial charge on any atom is 0.234 e. The maximum absolute atomic E-state index is 13.4. The lowest BCUT2D eigenvalue weighted by atomic mass is 9.88. The van der Waals surface area contributed by atoms with Crippen LogP contribution in [0.4, 0.5) is 4.39 Å². The zero-order chi connectivity index (χ0) is 24.2. The van der Waals surface area contributed by atoms with Crippen molar-refractivity contribution in [2.75, 3.05) is 32.8 Å². The Kier molecular flexibility index (Phi) is 7.32. The zero-order valence-electron chi connectivity index (χ0n) is 20.0. The lowest BCUT2D eigenvalue weighted by Gasteiger charge is -2.32. The lowest BCUT2D eigenvalue weighted by molar-refractivity contribution is -0.123. The SMILES string of the molecule is O=C(CN1CCC(C(=O)c2ccc3c(c2)OCCO3)CC1)NC(c1ccc(F)cc1)C1CCCC1. The van der Waals surface area contributed by atoms with Crippen molar-refractivity contribution < 1.29 is 23.5 Å². The van der Waals surface area contributed by atoms with Gasteiger partial charge in [-0.05, 0) is 80.6 Å². The van der Waals surface area contributed by atoms with Crippen molar-refractivity contribution in [1.29, 1.82) is 0 Å². The van der Waals surface area contributed by atoms with Gasteiger partial charge in [0, 0.05) is 11.5 Å². The second kappa shape index (κ2) is 10.8. The molecule has 7 heteroatoms. The number of ketones is 1. The van der Waals surface area contributed by atoms with Crippen LogP contribution in [0.1, 0.15) is 60.5 Å². The molecule has 0 radical (unpaired) electrons. The number of benzene rings is 2.